The van der Waals surface area contributed by atoms with Crippen molar-refractivity contribution in [2.24, 2.45) is 0 Å². The summed E-state index contributed by atoms with van der Waals surface area (Å²) < 4.78 is 37.1. The van der Waals surface area contributed by atoms with Gasteiger partial charge in [0.05, 0.1) is 26.2 Å². The summed E-state index contributed by atoms with van der Waals surface area (Å²) in [5.41, 5.74) is 2.44. The number of methoxy groups -OCH3 is 2. The number of sulfonamides is 1. The maximum Gasteiger partial charge on any atom is 0.243 e. The quantitative estimate of drug-likeness (QED) is 0.569. The van der Waals surface area contributed by atoms with Crippen molar-refractivity contribution < 1.29 is 22.7 Å². The number of carbonyl (C=O) groups excluding carboxylic acids is 1. The molecule has 180 valence electrons. The van der Waals surface area contributed by atoms with Crippen LogP contribution >= 0.6 is 0 Å². The molecule has 1 unspecified atom stereocenters. The second-order valence-electron chi connectivity index (χ2n) is 8.24. The fourth-order valence-electron chi connectivity index (χ4n) is 4.15. The Hall–Kier alpha value is -2.78. The Bertz CT molecular complexity index is 1070. The van der Waals surface area contributed by atoms with Gasteiger partial charge in [-0.2, -0.15) is 0 Å². The standard InChI is InChI=1S/C24H33N3O5S/c1-18(27(33(4,29)30)22-15-21(31-2)11-12-23(22)32-3)24(28)25-16-19-9-5-6-10-20(19)17-26-13-7-8-14-26/h5-6,9-12,15,18H,7-8,13-14,16-17H2,1-4H3,(H,25,28). The van der Waals surface area contributed by atoms with Crippen LogP contribution in [0.3, 0.4) is 0 Å². The molecule has 33 heavy (non-hydrogen) atoms. The third kappa shape index (κ3) is 6.17. The Morgan fingerprint density at radius 2 is 1.76 bits per heavy atom. The molecule has 0 saturated carbocycles. The summed E-state index contributed by atoms with van der Waals surface area (Å²) in [6.07, 6.45) is 3.50. The highest BCUT2D eigenvalue weighted by molar-refractivity contribution is 7.92. The molecule has 3 rings (SSSR count). The van der Waals surface area contributed by atoms with E-state index < -0.39 is 22.0 Å². The molecule has 0 spiro atoms. The van der Waals surface area contributed by atoms with Crippen molar-refractivity contribution in [1.82, 2.24) is 10.2 Å². The van der Waals surface area contributed by atoms with Crippen LogP contribution in [0.15, 0.2) is 42.5 Å². The van der Waals surface area contributed by atoms with E-state index in [9.17, 15) is 13.2 Å². The van der Waals surface area contributed by atoms with E-state index in [1.807, 2.05) is 18.2 Å². The third-order valence-electron chi connectivity index (χ3n) is 5.88. The van der Waals surface area contributed by atoms with Crippen LogP contribution in [0.1, 0.15) is 30.9 Å². The number of nitrogens with one attached hydrogen (secondary N) is 1. The van der Waals surface area contributed by atoms with E-state index in [4.69, 9.17) is 9.47 Å². The predicted octanol–water partition coefficient (Wildman–Crippen LogP) is 2.77. The molecule has 1 aliphatic rings. The van der Waals surface area contributed by atoms with Crippen LogP contribution in [0, 0.1) is 0 Å². The van der Waals surface area contributed by atoms with Crippen molar-refractivity contribution in [3.05, 3.63) is 53.6 Å². The highest BCUT2D eigenvalue weighted by Gasteiger charge is 2.31. The zero-order valence-electron chi connectivity index (χ0n) is 19.7. The number of rotatable bonds is 10. The van der Waals surface area contributed by atoms with Gasteiger partial charge < -0.3 is 14.8 Å². The Morgan fingerprint density at radius 1 is 1.09 bits per heavy atom. The topological polar surface area (TPSA) is 88.2 Å². The first-order valence-electron chi connectivity index (χ1n) is 11.0. The molecule has 1 N–H and O–H groups in total. The Morgan fingerprint density at radius 3 is 2.36 bits per heavy atom. The largest absolute Gasteiger partial charge is 0.497 e. The minimum absolute atomic E-state index is 0.247. The molecule has 2 aromatic rings. The summed E-state index contributed by atoms with van der Waals surface area (Å²) in [6.45, 7) is 4.90. The van der Waals surface area contributed by atoms with E-state index in [1.165, 1.54) is 32.6 Å². The van der Waals surface area contributed by atoms with E-state index in [2.05, 4.69) is 16.3 Å². The van der Waals surface area contributed by atoms with Gasteiger partial charge in [-0.3, -0.25) is 14.0 Å². The summed E-state index contributed by atoms with van der Waals surface area (Å²) in [7, 11) is -0.852. The number of nitrogens with zero attached hydrogens (tertiary/aromatic N) is 2. The minimum atomic E-state index is -3.80. The van der Waals surface area contributed by atoms with Crippen LogP contribution in [0.25, 0.3) is 0 Å². The summed E-state index contributed by atoms with van der Waals surface area (Å²) in [4.78, 5) is 15.5. The first kappa shape index (κ1) is 24.9. The monoisotopic (exact) mass is 475 g/mol. The second-order valence-corrected chi connectivity index (χ2v) is 10.1. The Kier molecular flexibility index (Phi) is 8.20. The number of carbonyl (C=O) groups is 1. The fraction of sp³-hybridized carbons (Fsp3) is 0.458. The van der Waals surface area contributed by atoms with Gasteiger partial charge in [-0.15, -0.1) is 0 Å². The van der Waals surface area contributed by atoms with Crippen molar-refractivity contribution in [2.45, 2.75) is 38.9 Å². The zero-order chi connectivity index (χ0) is 24.0. The van der Waals surface area contributed by atoms with Gasteiger partial charge in [0.2, 0.25) is 15.9 Å². The second kappa shape index (κ2) is 10.9. The van der Waals surface area contributed by atoms with Gasteiger partial charge in [0, 0.05) is 19.2 Å². The third-order valence-corrected chi connectivity index (χ3v) is 7.10. The Balaban J connectivity index is 1.79. The van der Waals surface area contributed by atoms with Crippen LogP contribution in [-0.2, 0) is 27.9 Å². The van der Waals surface area contributed by atoms with Gasteiger partial charge in [0.15, 0.2) is 0 Å². The number of hydrogen-bond acceptors (Lipinski definition) is 6. The lowest BCUT2D eigenvalue weighted by Gasteiger charge is -2.29. The normalized spacial score (nSPS) is 15.2. The number of ether oxygens (including phenoxy) is 2. The number of amides is 1. The zero-order valence-corrected chi connectivity index (χ0v) is 20.5. The molecule has 1 atom stereocenters. The molecule has 1 heterocycles. The predicted molar refractivity (Wildman–Crippen MR) is 129 cm³/mol. The van der Waals surface area contributed by atoms with E-state index in [1.54, 1.807) is 25.1 Å². The summed E-state index contributed by atoms with van der Waals surface area (Å²) in [5, 5.41) is 2.92. The SMILES string of the molecule is COc1ccc(OC)c(N(C(C)C(=O)NCc2ccccc2CN2CCCC2)S(C)(=O)=O)c1. The van der Waals surface area contributed by atoms with E-state index in [0.717, 1.165) is 35.8 Å². The molecule has 0 bridgehead atoms. The average molecular weight is 476 g/mol. The first-order valence-corrected chi connectivity index (χ1v) is 12.9. The lowest BCUT2D eigenvalue weighted by molar-refractivity contribution is -0.122. The van der Waals surface area contributed by atoms with Crippen LogP contribution in [0.5, 0.6) is 11.5 Å². The molecule has 0 aromatic heterocycles. The maximum absolute atomic E-state index is 13.1. The van der Waals surface area contributed by atoms with Gasteiger partial charge in [0.1, 0.15) is 17.5 Å². The van der Waals surface area contributed by atoms with Gasteiger partial charge in [-0.05, 0) is 56.1 Å². The van der Waals surface area contributed by atoms with Crippen molar-refractivity contribution in [1.29, 1.82) is 0 Å². The molecule has 1 fully saturated rings. The number of anilines is 1. The highest BCUT2D eigenvalue weighted by Crippen LogP contribution is 2.35. The van der Waals surface area contributed by atoms with E-state index >= 15 is 0 Å². The van der Waals surface area contributed by atoms with Crippen LogP contribution in [-0.4, -0.2) is 58.8 Å². The summed E-state index contributed by atoms with van der Waals surface area (Å²) >= 11 is 0. The molecule has 0 radical (unpaired) electrons. The molecule has 1 aliphatic heterocycles. The van der Waals surface area contributed by atoms with Crippen LogP contribution in [0.2, 0.25) is 0 Å². The molecule has 2 aromatic carbocycles. The number of hydrogen-bond donors (Lipinski definition) is 1. The van der Waals surface area contributed by atoms with Gasteiger partial charge in [-0.25, -0.2) is 8.42 Å². The fourth-order valence-corrected chi connectivity index (χ4v) is 5.32. The number of likely N-dealkylation sites (tertiary alicyclic amines) is 1. The molecular weight excluding hydrogens is 442 g/mol. The average Bonchev–Trinajstić information content (AvgIpc) is 3.30. The molecule has 1 saturated heterocycles. The van der Waals surface area contributed by atoms with Gasteiger partial charge in [-0.1, -0.05) is 24.3 Å². The molecular formula is C24H33N3O5S. The highest BCUT2D eigenvalue weighted by atomic mass is 32.2. The van der Waals surface area contributed by atoms with Crippen LogP contribution in [0.4, 0.5) is 5.69 Å². The molecule has 0 aliphatic carbocycles. The van der Waals surface area contributed by atoms with Crippen molar-refractivity contribution in [2.75, 3.05) is 37.9 Å². The summed E-state index contributed by atoms with van der Waals surface area (Å²) in [5.74, 6) is 0.390. The smallest absolute Gasteiger partial charge is 0.243 e. The van der Waals surface area contributed by atoms with E-state index in [-0.39, 0.29) is 5.69 Å². The molecule has 9 heteroatoms. The lowest BCUT2D eigenvalue weighted by Crippen LogP contribution is -2.47. The van der Waals surface area contributed by atoms with Crippen molar-refractivity contribution >= 4 is 21.6 Å². The van der Waals surface area contributed by atoms with Gasteiger partial charge >= 0.3 is 0 Å². The minimum Gasteiger partial charge on any atom is -0.497 e. The van der Waals surface area contributed by atoms with Gasteiger partial charge in [0.25, 0.3) is 0 Å². The first-order chi connectivity index (χ1) is 15.7. The molecule has 8 nitrogen and oxygen atoms in total. The van der Waals surface area contributed by atoms with E-state index in [0.29, 0.717) is 18.0 Å². The van der Waals surface area contributed by atoms with Crippen molar-refractivity contribution in [3.63, 3.8) is 0 Å². The Labute approximate surface area is 196 Å². The number of benzene rings is 2. The summed E-state index contributed by atoms with van der Waals surface area (Å²) in [6, 6.07) is 11.9. The maximum atomic E-state index is 13.1. The van der Waals surface area contributed by atoms with Crippen molar-refractivity contribution in [3.8, 4) is 11.5 Å². The lowest BCUT2D eigenvalue weighted by atomic mass is 10.1. The molecule has 1 amide bonds. The van der Waals surface area contributed by atoms with Crippen LogP contribution < -0.4 is 19.1 Å².